The van der Waals surface area contributed by atoms with Gasteiger partial charge in [-0.2, -0.15) is 10.4 Å². The number of nitrogens with zero attached hydrogens (tertiary/aromatic N) is 3. The van der Waals surface area contributed by atoms with E-state index < -0.39 is 0 Å². The van der Waals surface area contributed by atoms with Crippen LogP contribution in [0.4, 0.5) is 0 Å². The summed E-state index contributed by atoms with van der Waals surface area (Å²) in [5.74, 6) is 3.37. The lowest BCUT2D eigenvalue weighted by Crippen LogP contribution is -1.97. The van der Waals surface area contributed by atoms with E-state index >= 15 is 0 Å². The van der Waals surface area contributed by atoms with Crippen LogP contribution in [0.3, 0.4) is 0 Å². The topological polar surface area (TPSA) is 50.8 Å². The molecule has 0 N–H and O–H groups in total. The minimum Gasteiger partial charge on any atom is -0.488 e. The minimum absolute atomic E-state index is 0.203. The fraction of sp³-hybridized carbons (Fsp3) is 0.100. The molecule has 0 aliphatic rings. The lowest BCUT2D eigenvalue weighted by Gasteiger charge is -2.11. The van der Waals surface area contributed by atoms with Crippen molar-refractivity contribution >= 4 is 0 Å². The standard InChI is InChI=1S/C20H15N3O/c1-2-16-8-9-20(24-15-17-6-4-3-5-7-17)19(12-16)18-13-22-23(14-18)11-10-21/h1,3-9,12-14H,11,15H2. The predicted octanol–water partition coefficient (Wildman–Crippen LogP) is 3.63. The van der Waals surface area contributed by atoms with E-state index in [0.717, 1.165) is 28.0 Å². The third-order valence-corrected chi connectivity index (χ3v) is 3.56. The SMILES string of the molecule is C#Cc1ccc(OCc2ccccc2)c(-c2cnn(CC#N)c2)c1. The van der Waals surface area contributed by atoms with E-state index in [1.807, 2.05) is 54.7 Å². The molecule has 2 aromatic carbocycles. The number of ether oxygens (including phenoxy) is 1. The zero-order chi connectivity index (χ0) is 16.8. The van der Waals surface area contributed by atoms with Crippen LogP contribution in [0.25, 0.3) is 11.1 Å². The Kier molecular flexibility index (Phi) is 4.60. The summed E-state index contributed by atoms with van der Waals surface area (Å²) in [5, 5.41) is 13.0. The molecule has 1 heterocycles. The normalized spacial score (nSPS) is 9.92. The molecule has 0 amide bonds. The van der Waals surface area contributed by atoms with Crippen LogP contribution in [0.15, 0.2) is 60.9 Å². The van der Waals surface area contributed by atoms with E-state index in [-0.39, 0.29) is 6.54 Å². The zero-order valence-corrected chi connectivity index (χ0v) is 13.0. The van der Waals surface area contributed by atoms with E-state index in [9.17, 15) is 0 Å². The summed E-state index contributed by atoms with van der Waals surface area (Å²) in [6, 6.07) is 17.6. The number of aromatic nitrogens is 2. The zero-order valence-electron chi connectivity index (χ0n) is 13.0. The monoisotopic (exact) mass is 313 g/mol. The Morgan fingerprint density at radius 1 is 1.17 bits per heavy atom. The highest BCUT2D eigenvalue weighted by Crippen LogP contribution is 2.31. The third-order valence-electron chi connectivity index (χ3n) is 3.56. The van der Waals surface area contributed by atoms with Gasteiger partial charge >= 0.3 is 0 Å². The van der Waals surface area contributed by atoms with Gasteiger partial charge in [0, 0.05) is 22.9 Å². The maximum atomic E-state index is 8.78. The fourth-order valence-electron chi connectivity index (χ4n) is 2.37. The van der Waals surface area contributed by atoms with Crippen LogP contribution < -0.4 is 4.74 Å². The molecule has 0 unspecified atom stereocenters. The first-order chi connectivity index (χ1) is 11.8. The second-order valence-corrected chi connectivity index (χ2v) is 5.21. The van der Waals surface area contributed by atoms with E-state index in [2.05, 4.69) is 17.1 Å². The van der Waals surface area contributed by atoms with Gasteiger partial charge in [-0.15, -0.1) is 6.42 Å². The van der Waals surface area contributed by atoms with Crippen molar-refractivity contribution in [1.29, 1.82) is 5.26 Å². The van der Waals surface area contributed by atoms with Crippen LogP contribution >= 0.6 is 0 Å². The Morgan fingerprint density at radius 3 is 2.75 bits per heavy atom. The Balaban J connectivity index is 1.91. The number of nitriles is 1. The highest BCUT2D eigenvalue weighted by molar-refractivity contribution is 5.71. The molecule has 3 aromatic rings. The lowest BCUT2D eigenvalue weighted by atomic mass is 10.1. The summed E-state index contributed by atoms with van der Waals surface area (Å²) in [7, 11) is 0. The van der Waals surface area contributed by atoms with Crippen molar-refractivity contribution in [3.05, 3.63) is 72.1 Å². The Labute approximate surface area is 140 Å². The molecule has 0 aliphatic carbocycles. The van der Waals surface area contributed by atoms with Gasteiger partial charge in [0.05, 0.1) is 12.3 Å². The second kappa shape index (κ2) is 7.17. The average molecular weight is 313 g/mol. The highest BCUT2D eigenvalue weighted by Gasteiger charge is 2.10. The molecule has 1 aromatic heterocycles. The Morgan fingerprint density at radius 2 is 2.00 bits per heavy atom. The van der Waals surface area contributed by atoms with Crippen molar-refractivity contribution in [3.8, 4) is 35.3 Å². The molecular formula is C20H15N3O. The number of hydrogen-bond donors (Lipinski definition) is 0. The largest absolute Gasteiger partial charge is 0.488 e. The average Bonchev–Trinajstić information content (AvgIpc) is 3.09. The number of benzene rings is 2. The molecule has 0 fully saturated rings. The second-order valence-electron chi connectivity index (χ2n) is 5.21. The molecule has 0 atom stereocenters. The first-order valence-corrected chi connectivity index (χ1v) is 7.47. The van der Waals surface area contributed by atoms with Crippen molar-refractivity contribution in [2.45, 2.75) is 13.2 Å². The summed E-state index contributed by atoms with van der Waals surface area (Å²) >= 11 is 0. The maximum absolute atomic E-state index is 8.78. The Bertz CT molecular complexity index is 914. The number of hydrogen-bond acceptors (Lipinski definition) is 3. The van der Waals surface area contributed by atoms with Crippen molar-refractivity contribution in [2.75, 3.05) is 0 Å². The first-order valence-electron chi connectivity index (χ1n) is 7.47. The summed E-state index contributed by atoms with van der Waals surface area (Å²) in [6.45, 7) is 0.671. The van der Waals surface area contributed by atoms with E-state index in [1.54, 1.807) is 10.9 Å². The van der Waals surface area contributed by atoms with Gasteiger partial charge in [0.1, 0.15) is 18.9 Å². The van der Waals surface area contributed by atoms with Crippen LogP contribution in [-0.2, 0) is 13.2 Å². The van der Waals surface area contributed by atoms with Gasteiger partial charge in [-0.3, -0.25) is 4.68 Å². The molecule has 0 saturated heterocycles. The fourth-order valence-corrected chi connectivity index (χ4v) is 2.37. The van der Waals surface area contributed by atoms with Crippen LogP contribution in [0.5, 0.6) is 5.75 Å². The van der Waals surface area contributed by atoms with E-state index in [4.69, 9.17) is 16.4 Å². The molecule has 116 valence electrons. The number of rotatable bonds is 5. The Hall–Kier alpha value is -3.50. The molecule has 0 bridgehead atoms. The lowest BCUT2D eigenvalue weighted by molar-refractivity contribution is 0.307. The predicted molar refractivity (Wildman–Crippen MR) is 92.0 cm³/mol. The van der Waals surface area contributed by atoms with Gasteiger partial charge in [0.25, 0.3) is 0 Å². The molecule has 4 nitrogen and oxygen atoms in total. The number of terminal acetylenes is 1. The molecule has 0 saturated carbocycles. The molecule has 0 aliphatic heterocycles. The molecule has 24 heavy (non-hydrogen) atoms. The molecule has 4 heteroatoms. The van der Waals surface area contributed by atoms with E-state index in [1.165, 1.54) is 0 Å². The van der Waals surface area contributed by atoms with Crippen molar-refractivity contribution < 1.29 is 4.74 Å². The van der Waals surface area contributed by atoms with Gasteiger partial charge in [-0.25, -0.2) is 0 Å². The summed E-state index contributed by atoms with van der Waals surface area (Å²) in [5.41, 5.74) is 3.59. The van der Waals surface area contributed by atoms with E-state index in [0.29, 0.717) is 6.61 Å². The first kappa shape index (κ1) is 15.4. The highest BCUT2D eigenvalue weighted by atomic mass is 16.5. The summed E-state index contributed by atoms with van der Waals surface area (Å²) in [6.07, 6.45) is 9.03. The molecule has 0 spiro atoms. The summed E-state index contributed by atoms with van der Waals surface area (Å²) < 4.78 is 7.56. The van der Waals surface area contributed by atoms with Crippen molar-refractivity contribution in [1.82, 2.24) is 9.78 Å². The van der Waals surface area contributed by atoms with Gasteiger partial charge < -0.3 is 4.74 Å². The van der Waals surface area contributed by atoms with Crippen LogP contribution in [0.1, 0.15) is 11.1 Å². The van der Waals surface area contributed by atoms with Crippen molar-refractivity contribution in [3.63, 3.8) is 0 Å². The van der Waals surface area contributed by atoms with Gasteiger partial charge in [-0.05, 0) is 23.8 Å². The molecule has 0 radical (unpaired) electrons. The maximum Gasteiger partial charge on any atom is 0.128 e. The van der Waals surface area contributed by atoms with Crippen LogP contribution in [-0.4, -0.2) is 9.78 Å². The quantitative estimate of drug-likeness (QED) is 0.676. The third kappa shape index (κ3) is 3.45. The molecule has 3 rings (SSSR count). The minimum atomic E-state index is 0.203. The van der Waals surface area contributed by atoms with Gasteiger partial charge in [0.2, 0.25) is 0 Å². The van der Waals surface area contributed by atoms with Gasteiger partial charge in [-0.1, -0.05) is 36.3 Å². The van der Waals surface area contributed by atoms with Crippen LogP contribution in [0.2, 0.25) is 0 Å². The smallest absolute Gasteiger partial charge is 0.128 e. The van der Waals surface area contributed by atoms with Crippen LogP contribution in [0, 0.1) is 23.7 Å². The van der Waals surface area contributed by atoms with Gasteiger partial charge in [0.15, 0.2) is 0 Å². The summed E-state index contributed by atoms with van der Waals surface area (Å²) in [4.78, 5) is 0. The van der Waals surface area contributed by atoms with Crippen molar-refractivity contribution in [2.24, 2.45) is 0 Å². The molecular weight excluding hydrogens is 298 g/mol.